The number of fused-ring (bicyclic) bond motifs is 1. The molecule has 1 aliphatic heterocycles. The normalized spacial score (nSPS) is 13.0. The fraction of sp³-hybridized carbons (Fsp3) is 0.100. The summed E-state index contributed by atoms with van der Waals surface area (Å²) < 4.78 is 5.13. The largest absolute Gasteiger partial charge is 0.338 e. The highest BCUT2D eigenvalue weighted by atomic mass is 16.5. The molecule has 0 atom stereocenters. The molecule has 27 heavy (non-hydrogen) atoms. The highest BCUT2D eigenvalue weighted by molar-refractivity contribution is 6.22. The molecule has 0 spiro atoms. The topological polar surface area (TPSA) is 92.5 Å². The number of hydrogen-bond acceptors (Lipinski definition) is 5. The van der Waals surface area contributed by atoms with Crippen molar-refractivity contribution in [1.29, 1.82) is 0 Å². The molecule has 2 aromatic carbocycles. The second-order valence-corrected chi connectivity index (χ2v) is 6.22. The van der Waals surface area contributed by atoms with Crippen LogP contribution in [0.5, 0.6) is 0 Å². The summed E-state index contributed by atoms with van der Waals surface area (Å²) in [6.45, 7) is 1.57. The van der Waals surface area contributed by atoms with Gasteiger partial charge in [-0.15, -0.1) is 0 Å². The van der Waals surface area contributed by atoms with Gasteiger partial charge in [-0.25, -0.2) is 0 Å². The van der Waals surface area contributed by atoms with E-state index in [-0.39, 0.29) is 5.88 Å². The zero-order valence-electron chi connectivity index (χ0n) is 14.4. The Bertz CT molecular complexity index is 1020. The molecule has 1 aromatic heterocycles. The minimum atomic E-state index is -0.547. The lowest BCUT2D eigenvalue weighted by Gasteiger charge is -2.13. The minimum Gasteiger partial charge on any atom is -0.338 e. The maximum Gasteiger partial charge on any atom is 0.262 e. The molecular formula is C20H15N3O4. The third-order valence-corrected chi connectivity index (χ3v) is 4.37. The lowest BCUT2D eigenvalue weighted by atomic mass is 10.1. The Morgan fingerprint density at radius 2 is 1.63 bits per heavy atom. The van der Waals surface area contributed by atoms with E-state index in [1.54, 1.807) is 24.3 Å². The molecule has 2 heterocycles. The van der Waals surface area contributed by atoms with Crippen LogP contribution in [0.4, 0.5) is 5.88 Å². The molecule has 7 nitrogen and oxygen atoms in total. The number of aryl methyl sites for hydroxylation is 1. The summed E-state index contributed by atoms with van der Waals surface area (Å²) in [5.74, 6) is -1.35. The van der Waals surface area contributed by atoms with Crippen molar-refractivity contribution in [3.63, 3.8) is 0 Å². The smallest absolute Gasteiger partial charge is 0.262 e. The maximum atomic E-state index is 12.4. The van der Waals surface area contributed by atoms with Gasteiger partial charge < -0.3 is 4.52 Å². The van der Waals surface area contributed by atoms with Crippen molar-refractivity contribution >= 4 is 23.6 Å². The predicted molar refractivity (Wildman–Crippen MR) is 97.1 cm³/mol. The number of hydrogen-bond donors (Lipinski definition) is 1. The van der Waals surface area contributed by atoms with Gasteiger partial charge in [0.05, 0.1) is 22.9 Å². The molecule has 7 heteroatoms. The van der Waals surface area contributed by atoms with Gasteiger partial charge >= 0.3 is 0 Å². The highest BCUT2D eigenvalue weighted by Gasteiger charge is 2.36. The predicted octanol–water partition coefficient (Wildman–Crippen LogP) is 2.88. The minimum absolute atomic E-state index is 0.167. The van der Waals surface area contributed by atoms with E-state index in [0.717, 1.165) is 16.0 Å². The molecular weight excluding hydrogens is 346 g/mol. The van der Waals surface area contributed by atoms with Gasteiger partial charge in [0.25, 0.3) is 11.8 Å². The molecule has 1 aliphatic rings. The van der Waals surface area contributed by atoms with Crippen LogP contribution in [-0.2, 0) is 4.79 Å². The third kappa shape index (κ3) is 2.99. The monoisotopic (exact) mass is 361 g/mol. The molecule has 3 amide bonds. The first-order valence-corrected chi connectivity index (χ1v) is 8.31. The Hall–Kier alpha value is -3.74. The molecule has 134 valence electrons. The average Bonchev–Trinajstić information content (AvgIpc) is 3.22. The number of nitrogens with zero attached hydrogens (tertiary/aromatic N) is 2. The number of nitrogens with one attached hydrogen (secondary N) is 1. The van der Waals surface area contributed by atoms with Crippen molar-refractivity contribution in [2.45, 2.75) is 6.92 Å². The molecule has 3 aromatic rings. The van der Waals surface area contributed by atoms with Crippen molar-refractivity contribution in [1.82, 2.24) is 10.1 Å². The van der Waals surface area contributed by atoms with Gasteiger partial charge in [-0.1, -0.05) is 47.1 Å². The number of imide groups is 1. The first-order valence-electron chi connectivity index (χ1n) is 8.31. The average molecular weight is 361 g/mol. The quantitative estimate of drug-likeness (QED) is 0.721. The standard InChI is InChI=1S/C20H15N3O4/c1-12-6-8-13(9-7-12)16-10-21-27-18(16)22-17(24)11-23-19(25)14-4-2-3-5-15(14)20(23)26/h2-10H,11H2,1H3,(H,22,24). The molecule has 0 saturated carbocycles. The summed E-state index contributed by atoms with van der Waals surface area (Å²) in [6.07, 6.45) is 1.50. The van der Waals surface area contributed by atoms with E-state index in [0.29, 0.717) is 16.7 Å². The van der Waals surface area contributed by atoms with Gasteiger partial charge in [-0.3, -0.25) is 24.6 Å². The Kier molecular flexibility index (Phi) is 4.04. The molecule has 0 bridgehead atoms. The second kappa shape index (κ2) is 6.53. The number of aromatic nitrogens is 1. The Balaban J connectivity index is 1.50. The van der Waals surface area contributed by atoms with Crippen LogP contribution in [0.2, 0.25) is 0 Å². The number of anilines is 1. The van der Waals surface area contributed by atoms with Crippen LogP contribution in [0.3, 0.4) is 0 Å². The van der Waals surface area contributed by atoms with Crippen molar-refractivity contribution in [2.75, 3.05) is 11.9 Å². The van der Waals surface area contributed by atoms with Gasteiger partial charge in [0.2, 0.25) is 11.8 Å². The molecule has 4 rings (SSSR count). The second-order valence-electron chi connectivity index (χ2n) is 6.22. The van der Waals surface area contributed by atoms with Crippen LogP contribution in [0.25, 0.3) is 11.1 Å². The van der Waals surface area contributed by atoms with Crippen molar-refractivity contribution in [3.05, 3.63) is 71.4 Å². The summed E-state index contributed by atoms with van der Waals surface area (Å²) in [5.41, 5.74) is 3.15. The van der Waals surface area contributed by atoms with E-state index in [4.69, 9.17) is 4.52 Å². The Morgan fingerprint density at radius 3 is 2.26 bits per heavy atom. The molecule has 0 fully saturated rings. The SMILES string of the molecule is Cc1ccc(-c2cnoc2NC(=O)CN2C(=O)c3ccccc3C2=O)cc1. The van der Waals surface area contributed by atoms with E-state index < -0.39 is 24.3 Å². The van der Waals surface area contributed by atoms with E-state index in [9.17, 15) is 14.4 Å². The van der Waals surface area contributed by atoms with E-state index in [2.05, 4.69) is 10.5 Å². The van der Waals surface area contributed by atoms with Gasteiger partial charge in [0, 0.05) is 0 Å². The third-order valence-electron chi connectivity index (χ3n) is 4.37. The van der Waals surface area contributed by atoms with Crippen LogP contribution in [-0.4, -0.2) is 34.3 Å². The Labute approximate surface area is 154 Å². The van der Waals surface area contributed by atoms with Gasteiger partial charge in [-0.2, -0.15) is 0 Å². The summed E-state index contributed by atoms with van der Waals surface area (Å²) in [7, 11) is 0. The summed E-state index contributed by atoms with van der Waals surface area (Å²) >= 11 is 0. The molecule has 1 N–H and O–H groups in total. The van der Waals surface area contributed by atoms with Crippen molar-refractivity contribution < 1.29 is 18.9 Å². The van der Waals surface area contributed by atoms with Crippen LogP contribution in [0, 0.1) is 6.92 Å². The fourth-order valence-corrected chi connectivity index (χ4v) is 2.96. The number of carbonyl (C=O) groups is 3. The van der Waals surface area contributed by atoms with Gasteiger partial charge in [0.15, 0.2) is 0 Å². The van der Waals surface area contributed by atoms with Gasteiger partial charge in [0.1, 0.15) is 6.54 Å². The van der Waals surface area contributed by atoms with Crippen molar-refractivity contribution in [2.24, 2.45) is 0 Å². The number of benzene rings is 2. The fourth-order valence-electron chi connectivity index (χ4n) is 2.96. The summed E-state index contributed by atoms with van der Waals surface area (Å²) in [5, 5.41) is 6.32. The molecule has 0 aliphatic carbocycles. The molecule has 0 radical (unpaired) electrons. The van der Waals surface area contributed by atoms with E-state index in [1.807, 2.05) is 31.2 Å². The zero-order chi connectivity index (χ0) is 19.0. The lowest BCUT2D eigenvalue weighted by Crippen LogP contribution is -2.37. The lowest BCUT2D eigenvalue weighted by molar-refractivity contribution is -0.116. The first-order chi connectivity index (χ1) is 13.0. The maximum absolute atomic E-state index is 12.4. The summed E-state index contributed by atoms with van der Waals surface area (Å²) in [6, 6.07) is 14.1. The van der Waals surface area contributed by atoms with Crippen LogP contribution >= 0.6 is 0 Å². The molecule has 0 saturated heterocycles. The number of rotatable bonds is 4. The number of carbonyl (C=O) groups excluding carboxylic acids is 3. The van der Waals surface area contributed by atoms with Crippen LogP contribution in [0.15, 0.2) is 59.3 Å². The number of amides is 3. The molecule has 0 unspecified atom stereocenters. The first kappa shape index (κ1) is 16.7. The van der Waals surface area contributed by atoms with Gasteiger partial charge in [-0.05, 0) is 24.6 Å². The van der Waals surface area contributed by atoms with E-state index in [1.165, 1.54) is 6.20 Å². The van der Waals surface area contributed by atoms with E-state index >= 15 is 0 Å². The van der Waals surface area contributed by atoms with Crippen molar-refractivity contribution in [3.8, 4) is 11.1 Å². The highest BCUT2D eigenvalue weighted by Crippen LogP contribution is 2.28. The summed E-state index contributed by atoms with van der Waals surface area (Å²) in [4.78, 5) is 38.0. The zero-order valence-corrected chi connectivity index (χ0v) is 14.4. The van der Waals surface area contributed by atoms with Crippen LogP contribution in [0.1, 0.15) is 26.3 Å². The van der Waals surface area contributed by atoms with Crippen LogP contribution < -0.4 is 5.32 Å². The Morgan fingerprint density at radius 1 is 1.00 bits per heavy atom.